The number of nitrogens with one attached hydrogen (secondary N) is 1. The normalized spacial score (nSPS) is 10.8. The number of aryl methyl sites for hydroxylation is 1. The molecule has 0 saturated heterocycles. The molecule has 0 aliphatic carbocycles. The second-order valence-corrected chi connectivity index (χ2v) is 7.16. The zero-order valence-corrected chi connectivity index (χ0v) is 15.9. The molecule has 1 amide bonds. The van der Waals surface area contributed by atoms with Gasteiger partial charge in [0.1, 0.15) is 18.0 Å². The number of hydrogen-bond acceptors (Lipinski definition) is 5. The summed E-state index contributed by atoms with van der Waals surface area (Å²) in [7, 11) is 0. The number of pyridine rings is 1. The third-order valence-electron chi connectivity index (χ3n) is 4.19. The molecule has 28 heavy (non-hydrogen) atoms. The molecule has 7 heteroatoms. The Hall–Kier alpha value is -3.45. The van der Waals surface area contributed by atoms with Crippen molar-refractivity contribution in [2.75, 3.05) is 5.32 Å². The number of anilines is 1. The number of aromatic nitrogens is 2. The van der Waals surface area contributed by atoms with Crippen LogP contribution in [0, 0.1) is 6.92 Å². The summed E-state index contributed by atoms with van der Waals surface area (Å²) in [6.45, 7) is 2.08. The molecule has 3 aromatic heterocycles. The van der Waals surface area contributed by atoms with E-state index in [2.05, 4.69) is 10.3 Å². The molecule has 0 saturated carbocycles. The first-order valence-corrected chi connectivity index (χ1v) is 9.54. The molecule has 0 aliphatic rings. The molecule has 0 fully saturated rings. The van der Waals surface area contributed by atoms with Crippen molar-refractivity contribution in [3.8, 4) is 5.75 Å². The van der Waals surface area contributed by atoms with Gasteiger partial charge >= 0.3 is 0 Å². The number of benzene rings is 1. The maximum absolute atomic E-state index is 12.2. The molecule has 4 rings (SSSR count). The lowest BCUT2D eigenvalue weighted by Crippen LogP contribution is -2.16. The highest BCUT2D eigenvalue weighted by atomic mass is 32.1. The van der Waals surface area contributed by atoms with Gasteiger partial charge in [0.05, 0.1) is 10.6 Å². The Morgan fingerprint density at radius 1 is 1.18 bits per heavy atom. The number of carbonyl (C=O) groups is 1. The van der Waals surface area contributed by atoms with Crippen LogP contribution in [0.15, 0.2) is 71.0 Å². The van der Waals surface area contributed by atoms with E-state index >= 15 is 0 Å². The molecule has 0 spiro atoms. The summed E-state index contributed by atoms with van der Waals surface area (Å²) in [5.41, 5.74) is 2.53. The van der Waals surface area contributed by atoms with Gasteiger partial charge in [-0.25, -0.2) is 4.98 Å². The van der Waals surface area contributed by atoms with Crippen LogP contribution in [0.25, 0.3) is 5.65 Å². The van der Waals surface area contributed by atoms with Crippen LogP contribution in [0.1, 0.15) is 20.9 Å². The fourth-order valence-electron chi connectivity index (χ4n) is 2.76. The lowest BCUT2D eigenvalue weighted by Gasteiger charge is -2.12. The lowest BCUT2D eigenvalue weighted by atomic mass is 10.2. The Kier molecular flexibility index (Phi) is 4.90. The Morgan fingerprint density at radius 3 is 2.89 bits per heavy atom. The van der Waals surface area contributed by atoms with Crippen molar-refractivity contribution in [1.29, 1.82) is 0 Å². The van der Waals surface area contributed by atoms with Crippen molar-refractivity contribution in [3.05, 3.63) is 92.7 Å². The van der Waals surface area contributed by atoms with Crippen molar-refractivity contribution in [1.82, 2.24) is 9.38 Å². The van der Waals surface area contributed by atoms with Crippen molar-refractivity contribution in [2.45, 2.75) is 13.5 Å². The van der Waals surface area contributed by atoms with E-state index in [1.165, 1.54) is 21.8 Å². The van der Waals surface area contributed by atoms with E-state index in [0.29, 0.717) is 27.7 Å². The molecule has 0 radical (unpaired) electrons. The van der Waals surface area contributed by atoms with Crippen LogP contribution in [0.3, 0.4) is 0 Å². The molecular formula is C21H17N3O3S. The van der Waals surface area contributed by atoms with E-state index in [4.69, 9.17) is 4.74 Å². The maximum atomic E-state index is 12.2. The van der Waals surface area contributed by atoms with Gasteiger partial charge in [-0.2, -0.15) is 0 Å². The first-order chi connectivity index (χ1) is 13.6. The summed E-state index contributed by atoms with van der Waals surface area (Å²) in [6.07, 6.45) is 1.68. The highest BCUT2D eigenvalue weighted by Crippen LogP contribution is 2.24. The fraction of sp³-hybridized carbons (Fsp3) is 0.0952. The van der Waals surface area contributed by atoms with Crippen molar-refractivity contribution >= 4 is 28.6 Å². The topological polar surface area (TPSA) is 72.7 Å². The first-order valence-electron chi connectivity index (χ1n) is 8.66. The first kappa shape index (κ1) is 17.9. The highest BCUT2D eigenvalue weighted by molar-refractivity contribution is 7.12. The van der Waals surface area contributed by atoms with Gasteiger partial charge in [-0.3, -0.25) is 14.0 Å². The lowest BCUT2D eigenvalue weighted by molar-refractivity contribution is 0.103. The molecule has 0 aliphatic heterocycles. The van der Waals surface area contributed by atoms with Gasteiger partial charge < -0.3 is 10.1 Å². The summed E-state index contributed by atoms with van der Waals surface area (Å²) < 4.78 is 7.36. The number of rotatable bonds is 5. The predicted molar refractivity (Wildman–Crippen MR) is 109 cm³/mol. The molecule has 0 bridgehead atoms. The zero-order valence-electron chi connectivity index (χ0n) is 15.1. The summed E-state index contributed by atoms with van der Waals surface area (Å²) in [5.74, 6) is 0.466. The second-order valence-electron chi connectivity index (χ2n) is 6.21. The van der Waals surface area contributed by atoms with E-state index in [0.717, 1.165) is 5.56 Å². The van der Waals surface area contributed by atoms with Crippen LogP contribution in [-0.2, 0) is 6.61 Å². The van der Waals surface area contributed by atoms with Gasteiger partial charge in [0, 0.05) is 24.0 Å². The number of thiophene rings is 1. The second kappa shape index (κ2) is 7.66. The SMILES string of the molecule is Cc1ccc(NC(=O)c2cccs2)cc1OCc1cc(=O)n2ccccc2n1. The summed E-state index contributed by atoms with van der Waals surface area (Å²) >= 11 is 1.38. The van der Waals surface area contributed by atoms with Gasteiger partial charge in [0.25, 0.3) is 11.5 Å². The largest absolute Gasteiger partial charge is 0.487 e. The molecular weight excluding hydrogens is 374 g/mol. The van der Waals surface area contributed by atoms with Crippen LogP contribution in [0.2, 0.25) is 0 Å². The Labute approximate surface area is 165 Å². The van der Waals surface area contributed by atoms with E-state index < -0.39 is 0 Å². The van der Waals surface area contributed by atoms with E-state index in [9.17, 15) is 9.59 Å². The van der Waals surface area contributed by atoms with E-state index in [1.54, 1.807) is 30.5 Å². The van der Waals surface area contributed by atoms with Crippen LogP contribution < -0.4 is 15.6 Å². The Bertz CT molecular complexity index is 1200. The molecule has 3 heterocycles. The van der Waals surface area contributed by atoms with Gasteiger partial charge in [-0.15, -0.1) is 11.3 Å². The third kappa shape index (κ3) is 3.79. The quantitative estimate of drug-likeness (QED) is 0.560. The average Bonchev–Trinajstić information content (AvgIpc) is 3.23. The Morgan fingerprint density at radius 2 is 2.07 bits per heavy atom. The molecule has 6 nitrogen and oxygen atoms in total. The fourth-order valence-corrected chi connectivity index (χ4v) is 3.38. The summed E-state index contributed by atoms with van der Waals surface area (Å²) in [4.78, 5) is 29.5. The van der Waals surface area contributed by atoms with Crippen LogP contribution in [0.5, 0.6) is 5.75 Å². The molecule has 140 valence electrons. The van der Waals surface area contributed by atoms with Gasteiger partial charge in [-0.05, 0) is 42.1 Å². The Balaban J connectivity index is 1.52. The van der Waals surface area contributed by atoms with Gasteiger partial charge in [0.15, 0.2) is 0 Å². The number of hydrogen-bond donors (Lipinski definition) is 1. The molecule has 1 N–H and O–H groups in total. The molecule has 0 atom stereocenters. The minimum atomic E-state index is -0.158. The van der Waals surface area contributed by atoms with Gasteiger partial charge in [0.2, 0.25) is 0 Å². The molecule has 4 aromatic rings. The van der Waals surface area contributed by atoms with E-state index in [-0.39, 0.29) is 18.1 Å². The molecule has 1 aromatic carbocycles. The predicted octanol–water partition coefficient (Wildman–Crippen LogP) is 3.90. The van der Waals surface area contributed by atoms with Crippen molar-refractivity contribution in [3.63, 3.8) is 0 Å². The number of amides is 1. The minimum absolute atomic E-state index is 0.155. The maximum Gasteiger partial charge on any atom is 0.265 e. The highest BCUT2D eigenvalue weighted by Gasteiger charge is 2.09. The monoisotopic (exact) mass is 391 g/mol. The molecule has 0 unspecified atom stereocenters. The van der Waals surface area contributed by atoms with Crippen molar-refractivity contribution < 1.29 is 9.53 Å². The van der Waals surface area contributed by atoms with Crippen LogP contribution >= 0.6 is 11.3 Å². The van der Waals surface area contributed by atoms with Gasteiger partial charge in [-0.1, -0.05) is 18.2 Å². The minimum Gasteiger partial charge on any atom is -0.487 e. The number of nitrogens with zero attached hydrogens (tertiary/aromatic N) is 2. The average molecular weight is 391 g/mol. The van der Waals surface area contributed by atoms with Crippen LogP contribution in [-0.4, -0.2) is 15.3 Å². The summed E-state index contributed by atoms with van der Waals surface area (Å²) in [6, 6.07) is 15.9. The van der Waals surface area contributed by atoms with Crippen LogP contribution in [0.4, 0.5) is 5.69 Å². The number of carbonyl (C=O) groups excluding carboxylic acids is 1. The number of fused-ring (bicyclic) bond motifs is 1. The zero-order chi connectivity index (χ0) is 19.5. The van der Waals surface area contributed by atoms with Crippen molar-refractivity contribution in [2.24, 2.45) is 0 Å². The summed E-state index contributed by atoms with van der Waals surface area (Å²) in [5, 5.41) is 4.72. The smallest absolute Gasteiger partial charge is 0.265 e. The standard InChI is InChI=1S/C21H17N3O3S/c1-14-7-8-15(23-21(26)18-5-4-10-28-18)11-17(14)27-13-16-12-20(25)24-9-3-2-6-19(24)22-16/h2-12H,13H2,1H3,(H,23,26). The number of ether oxygens (including phenoxy) is 1. The van der Waals surface area contributed by atoms with E-state index in [1.807, 2.05) is 36.6 Å². The third-order valence-corrected chi connectivity index (χ3v) is 5.06.